The van der Waals surface area contributed by atoms with Crippen molar-refractivity contribution in [1.82, 2.24) is 19.9 Å². The molecule has 0 aliphatic heterocycles. The lowest BCUT2D eigenvalue weighted by Gasteiger charge is -2.00. The molecule has 2 aromatic heterocycles. The first kappa shape index (κ1) is 15.5. The van der Waals surface area contributed by atoms with Gasteiger partial charge in [0.05, 0.1) is 24.8 Å². The minimum atomic E-state index is -0.767. The van der Waals surface area contributed by atoms with Gasteiger partial charge >= 0.3 is 6.09 Å². The summed E-state index contributed by atoms with van der Waals surface area (Å²) in [4.78, 5) is 27.7. The van der Waals surface area contributed by atoms with Crippen molar-refractivity contribution in [1.29, 1.82) is 0 Å². The normalized spacial score (nSPS) is 10.7. The van der Waals surface area contributed by atoms with Crippen molar-refractivity contribution in [2.75, 3.05) is 12.9 Å². The molecule has 3 aromatic rings. The monoisotopic (exact) mass is 348 g/mol. The molecule has 1 N–H and O–H groups in total. The summed E-state index contributed by atoms with van der Waals surface area (Å²) >= 11 is 2.63. The van der Waals surface area contributed by atoms with Gasteiger partial charge in [0.2, 0.25) is 10.9 Å². The van der Waals surface area contributed by atoms with Crippen LogP contribution in [0.3, 0.4) is 0 Å². The van der Waals surface area contributed by atoms with E-state index in [-0.39, 0.29) is 5.75 Å². The Labute approximate surface area is 139 Å². The Morgan fingerprint density at radius 2 is 2.13 bits per heavy atom. The highest BCUT2D eigenvalue weighted by Crippen LogP contribution is 2.27. The van der Waals surface area contributed by atoms with Gasteiger partial charge in [0.25, 0.3) is 0 Å². The zero-order valence-electron chi connectivity index (χ0n) is 12.1. The Morgan fingerprint density at radius 3 is 2.83 bits per heavy atom. The van der Waals surface area contributed by atoms with E-state index in [1.807, 2.05) is 36.5 Å². The van der Waals surface area contributed by atoms with Crippen LogP contribution in [0.25, 0.3) is 16.2 Å². The molecule has 0 spiro atoms. The minimum absolute atomic E-state index is 0.0807. The van der Waals surface area contributed by atoms with Crippen molar-refractivity contribution in [3.8, 4) is 11.3 Å². The number of carbonyl (C=O) groups is 2. The molecule has 0 fully saturated rings. The predicted octanol–water partition coefficient (Wildman–Crippen LogP) is 2.43. The first-order chi connectivity index (χ1) is 11.2. The lowest BCUT2D eigenvalue weighted by atomic mass is 10.2. The second-order valence-corrected chi connectivity index (χ2v) is 6.59. The van der Waals surface area contributed by atoms with Gasteiger partial charge in [-0.25, -0.2) is 14.3 Å². The first-order valence-corrected chi connectivity index (χ1v) is 8.38. The van der Waals surface area contributed by atoms with Crippen molar-refractivity contribution in [2.45, 2.75) is 4.34 Å². The standard InChI is InChI=1S/C14H12N4O3S2/c1-21-13(20)16-11(19)8-22-14-17-18-7-10(15-12(18)23-14)9-5-3-2-4-6-9/h2-7H,8H2,1H3,(H,16,19,20). The van der Waals surface area contributed by atoms with E-state index in [2.05, 4.69) is 20.1 Å². The third kappa shape index (κ3) is 3.69. The number of rotatable bonds is 4. The van der Waals surface area contributed by atoms with Crippen molar-refractivity contribution in [3.05, 3.63) is 36.5 Å². The molecule has 0 bridgehead atoms. The molecular weight excluding hydrogens is 336 g/mol. The molecule has 118 valence electrons. The molecule has 0 atom stereocenters. The van der Waals surface area contributed by atoms with Gasteiger partial charge in [-0.3, -0.25) is 10.1 Å². The van der Waals surface area contributed by atoms with E-state index in [1.54, 1.807) is 4.52 Å². The quantitative estimate of drug-likeness (QED) is 0.729. The molecular formula is C14H12N4O3S2. The van der Waals surface area contributed by atoms with Gasteiger partial charge in [0.15, 0.2) is 4.34 Å². The molecule has 9 heteroatoms. The minimum Gasteiger partial charge on any atom is -0.453 e. The maximum atomic E-state index is 11.5. The molecule has 0 unspecified atom stereocenters. The Bertz CT molecular complexity index is 813. The SMILES string of the molecule is COC(=O)NC(=O)CSc1nn2cc(-c3ccccc3)nc2s1. The average molecular weight is 348 g/mol. The molecule has 0 aliphatic carbocycles. The molecule has 0 aliphatic rings. The van der Waals surface area contributed by atoms with E-state index < -0.39 is 12.0 Å². The van der Waals surface area contributed by atoms with Crippen LogP contribution in [0.4, 0.5) is 4.79 Å². The highest BCUT2D eigenvalue weighted by atomic mass is 32.2. The van der Waals surface area contributed by atoms with Crippen LogP contribution in [-0.2, 0) is 9.53 Å². The van der Waals surface area contributed by atoms with E-state index in [1.165, 1.54) is 30.2 Å². The summed E-state index contributed by atoms with van der Waals surface area (Å²) < 4.78 is 6.75. The van der Waals surface area contributed by atoms with Crippen LogP contribution in [0.1, 0.15) is 0 Å². The van der Waals surface area contributed by atoms with E-state index in [0.29, 0.717) is 4.34 Å². The summed E-state index contributed by atoms with van der Waals surface area (Å²) in [5.41, 5.74) is 1.88. The van der Waals surface area contributed by atoms with Crippen molar-refractivity contribution < 1.29 is 14.3 Å². The molecule has 0 radical (unpaired) electrons. The largest absolute Gasteiger partial charge is 0.453 e. The van der Waals surface area contributed by atoms with Gasteiger partial charge in [-0.05, 0) is 0 Å². The van der Waals surface area contributed by atoms with Crippen LogP contribution in [0.15, 0.2) is 40.9 Å². The summed E-state index contributed by atoms with van der Waals surface area (Å²) in [7, 11) is 1.20. The van der Waals surface area contributed by atoms with E-state index >= 15 is 0 Å². The zero-order chi connectivity index (χ0) is 16.2. The Hall–Kier alpha value is -2.39. The molecule has 3 rings (SSSR count). The van der Waals surface area contributed by atoms with Gasteiger partial charge in [0.1, 0.15) is 0 Å². The molecule has 0 saturated carbocycles. The Balaban J connectivity index is 1.66. The number of aromatic nitrogens is 3. The topological polar surface area (TPSA) is 85.6 Å². The summed E-state index contributed by atoms with van der Waals surface area (Å²) in [6.07, 6.45) is 1.08. The van der Waals surface area contributed by atoms with Gasteiger partial charge in [-0.2, -0.15) is 0 Å². The van der Waals surface area contributed by atoms with E-state index in [9.17, 15) is 9.59 Å². The maximum Gasteiger partial charge on any atom is 0.413 e. The number of nitrogens with one attached hydrogen (secondary N) is 1. The van der Waals surface area contributed by atoms with Crippen molar-refractivity contribution in [2.24, 2.45) is 0 Å². The molecule has 2 amide bonds. The van der Waals surface area contributed by atoms with Crippen LogP contribution >= 0.6 is 23.1 Å². The Morgan fingerprint density at radius 1 is 1.35 bits per heavy atom. The number of hydrogen-bond donors (Lipinski definition) is 1. The van der Waals surface area contributed by atoms with Crippen LogP contribution < -0.4 is 5.32 Å². The number of ether oxygens (including phenoxy) is 1. The lowest BCUT2D eigenvalue weighted by Crippen LogP contribution is -2.31. The number of amides is 2. The molecule has 0 saturated heterocycles. The molecule has 1 aromatic carbocycles. The number of methoxy groups -OCH3 is 1. The van der Waals surface area contributed by atoms with Crippen molar-refractivity contribution >= 4 is 40.1 Å². The summed E-state index contributed by atoms with van der Waals surface area (Å²) in [6, 6.07) is 9.83. The van der Waals surface area contributed by atoms with Crippen molar-refractivity contribution in [3.63, 3.8) is 0 Å². The number of benzene rings is 1. The fraction of sp³-hybridized carbons (Fsp3) is 0.143. The summed E-state index contributed by atoms with van der Waals surface area (Å²) in [6.45, 7) is 0. The number of fused-ring (bicyclic) bond motifs is 1. The van der Waals surface area contributed by atoms with Gasteiger partial charge < -0.3 is 4.74 Å². The number of alkyl carbamates (subject to hydrolysis) is 1. The highest BCUT2D eigenvalue weighted by molar-refractivity contribution is 8.01. The molecule has 7 nitrogen and oxygen atoms in total. The van der Waals surface area contributed by atoms with Crippen LogP contribution in [-0.4, -0.2) is 39.5 Å². The van der Waals surface area contributed by atoms with E-state index in [0.717, 1.165) is 16.2 Å². The Kier molecular flexibility index (Phi) is 4.58. The third-order valence-corrected chi connectivity index (χ3v) is 4.90. The highest BCUT2D eigenvalue weighted by Gasteiger charge is 2.13. The number of imidazole rings is 1. The first-order valence-electron chi connectivity index (χ1n) is 6.58. The smallest absolute Gasteiger partial charge is 0.413 e. The lowest BCUT2D eigenvalue weighted by molar-refractivity contribution is -0.117. The number of thioether (sulfide) groups is 1. The zero-order valence-corrected chi connectivity index (χ0v) is 13.7. The number of nitrogens with zero attached hydrogens (tertiary/aromatic N) is 3. The number of imide groups is 1. The predicted molar refractivity (Wildman–Crippen MR) is 87.6 cm³/mol. The van der Waals surface area contributed by atoms with Crippen LogP contribution in [0, 0.1) is 0 Å². The number of carbonyl (C=O) groups excluding carboxylic acids is 2. The summed E-state index contributed by atoms with van der Waals surface area (Å²) in [5.74, 6) is -0.350. The third-order valence-electron chi connectivity index (χ3n) is 2.85. The molecule has 2 heterocycles. The number of hydrogen-bond acceptors (Lipinski definition) is 7. The fourth-order valence-electron chi connectivity index (χ4n) is 1.82. The average Bonchev–Trinajstić information content (AvgIpc) is 3.12. The second-order valence-electron chi connectivity index (χ2n) is 4.42. The van der Waals surface area contributed by atoms with E-state index in [4.69, 9.17) is 0 Å². The maximum absolute atomic E-state index is 11.5. The second kappa shape index (κ2) is 6.80. The van der Waals surface area contributed by atoms with Gasteiger partial charge in [0, 0.05) is 5.56 Å². The fourth-order valence-corrected chi connectivity index (χ4v) is 3.54. The van der Waals surface area contributed by atoms with Gasteiger partial charge in [-0.1, -0.05) is 53.4 Å². The van der Waals surface area contributed by atoms with Gasteiger partial charge in [-0.15, -0.1) is 5.10 Å². The van der Waals surface area contributed by atoms with Crippen LogP contribution in [0.5, 0.6) is 0 Å². The van der Waals surface area contributed by atoms with Crippen LogP contribution in [0.2, 0.25) is 0 Å². The summed E-state index contributed by atoms with van der Waals surface area (Å²) in [5, 5.41) is 6.46. The molecule has 23 heavy (non-hydrogen) atoms.